The minimum absolute atomic E-state index is 0.0122. The molecule has 3 aliphatic rings. The third-order valence-electron chi connectivity index (χ3n) is 8.69. The van der Waals surface area contributed by atoms with Crippen molar-refractivity contribution in [2.75, 3.05) is 26.4 Å². The molecule has 2 saturated heterocycles. The van der Waals surface area contributed by atoms with Crippen molar-refractivity contribution in [2.24, 2.45) is 11.8 Å². The monoisotopic (exact) mass is 782 g/mol. The summed E-state index contributed by atoms with van der Waals surface area (Å²) in [6, 6.07) is -0.487. The molecule has 0 aliphatic carbocycles. The maximum absolute atomic E-state index is 13.2. The predicted octanol–water partition coefficient (Wildman–Crippen LogP) is 3.46. The quantitative estimate of drug-likeness (QED) is 0.0643. The molecule has 0 spiro atoms. The number of nitrogens with zero attached hydrogens (tertiary/aromatic N) is 4. The van der Waals surface area contributed by atoms with Gasteiger partial charge in [-0.1, -0.05) is 43.6 Å². The fraction of sp³-hybridized carbons (Fsp3) is 0.548. The Morgan fingerprint density at radius 2 is 1.88 bits per heavy atom. The van der Waals surface area contributed by atoms with Gasteiger partial charge in [-0.2, -0.15) is 17.6 Å². The summed E-state index contributed by atoms with van der Waals surface area (Å²) in [5, 5.41) is 10.2. The summed E-state index contributed by atoms with van der Waals surface area (Å²) < 4.78 is 86.6. The second kappa shape index (κ2) is 16.1. The molecule has 51 heavy (non-hydrogen) atoms. The molecule has 2 aromatic rings. The van der Waals surface area contributed by atoms with Crippen LogP contribution >= 0.6 is 23.1 Å². The largest absolute Gasteiger partial charge is 0.741 e. The highest BCUT2D eigenvalue weighted by atomic mass is 32.2. The molecule has 0 unspecified atom stereocenters. The molecule has 2 aromatic heterocycles. The third kappa shape index (κ3) is 8.45. The fourth-order valence-electron chi connectivity index (χ4n) is 6.41. The Balaban J connectivity index is 0.000000652. The van der Waals surface area contributed by atoms with Gasteiger partial charge >= 0.3 is 17.6 Å². The molecule has 0 aromatic carbocycles. The number of aliphatic hydroxyl groups is 1. The highest BCUT2D eigenvalue weighted by molar-refractivity contribution is 8.03. The lowest BCUT2D eigenvalue weighted by molar-refractivity contribution is -0.701. The Kier molecular flexibility index (Phi) is 12.7. The summed E-state index contributed by atoms with van der Waals surface area (Å²) in [5.41, 5.74) is -5.42. The number of likely N-dealkylation sites (tertiary alicyclic amines) is 1. The van der Waals surface area contributed by atoms with Crippen molar-refractivity contribution < 1.29 is 64.1 Å². The van der Waals surface area contributed by atoms with E-state index in [1.165, 1.54) is 28.8 Å². The zero-order chi connectivity index (χ0) is 38.0. The van der Waals surface area contributed by atoms with Crippen molar-refractivity contribution in [3.05, 3.63) is 59.0 Å². The number of ether oxygens (including phenoxy) is 2. The van der Waals surface area contributed by atoms with Crippen molar-refractivity contribution in [2.45, 2.75) is 69.1 Å². The molecule has 2 fully saturated rings. The first-order valence-electron chi connectivity index (χ1n) is 15.7. The van der Waals surface area contributed by atoms with Crippen LogP contribution in [0.2, 0.25) is 0 Å². The third-order valence-corrected chi connectivity index (χ3v) is 11.8. The fourth-order valence-corrected chi connectivity index (χ4v) is 9.13. The molecule has 0 saturated carbocycles. The minimum atomic E-state index is -6.09. The van der Waals surface area contributed by atoms with E-state index >= 15 is 0 Å². The Hall–Kier alpha value is -3.46. The molecule has 2 amide bonds. The van der Waals surface area contributed by atoms with Crippen LogP contribution in [0, 0.1) is 18.8 Å². The van der Waals surface area contributed by atoms with Crippen LogP contribution in [-0.4, -0.2) is 106 Å². The standard InChI is InChI=1S/C30H38FN4O6S2.CHF3O3S/c1-6-10-40-29(38)26-27(17(3)25-24(18(4)36)28(37)35(25)26)43-22-13-20(34(15-22)30(39)41-11-7-2)12-21-14-33-19(5)32(9-8-31)16-23(33)42-21;2-1(3,4)8(5,6)7/h6-7,14,16-18,20,22,24-25,36H,1-2,8-13,15H2,3-5H3;(H,5,6,7)/q+1;/p-1/t17-,18-,20-,22+,24-,25-;/m1./s1. The number of carbonyl (C=O) groups excluding carboxylic acids is 3. The van der Waals surface area contributed by atoms with Gasteiger partial charge in [-0.15, -0.1) is 11.8 Å². The molecule has 0 bridgehead atoms. The highest BCUT2D eigenvalue weighted by Crippen LogP contribution is 2.52. The number of hydrogen-bond acceptors (Lipinski definition) is 11. The zero-order valence-corrected chi connectivity index (χ0v) is 30.3. The van der Waals surface area contributed by atoms with Gasteiger partial charge in [-0.25, -0.2) is 27.0 Å². The van der Waals surface area contributed by atoms with E-state index in [2.05, 4.69) is 13.2 Å². The lowest BCUT2D eigenvalue weighted by Crippen LogP contribution is -2.63. The van der Waals surface area contributed by atoms with Gasteiger partial charge in [0.15, 0.2) is 10.1 Å². The number of rotatable bonds is 12. The number of thioether (sulfide) groups is 1. The number of aromatic nitrogens is 2. The van der Waals surface area contributed by atoms with Crippen LogP contribution in [0.4, 0.5) is 22.4 Å². The van der Waals surface area contributed by atoms with E-state index in [0.29, 0.717) is 25.9 Å². The van der Waals surface area contributed by atoms with Crippen molar-refractivity contribution in [1.29, 1.82) is 0 Å². The number of hydrogen-bond donors (Lipinski definition) is 1. The van der Waals surface area contributed by atoms with Crippen LogP contribution in [0.25, 0.3) is 4.83 Å². The summed E-state index contributed by atoms with van der Waals surface area (Å²) in [5.74, 6) is -0.727. The van der Waals surface area contributed by atoms with Gasteiger partial charge in [0.2, 0.25) is 10.7 Å². The molecule has 1 N–H and O–H groups in total. The van der Waals surface area contributed by atoms with E-state index in [9.17, 15) is 37.1 Å². The molecule has 6 atom stereocenters. The summed E-state index contributed by atoms with van der Waals surface area (Å²) in [7, 11) is -6.09. The first-order valence-corrected chi connectivity index (χ1v) is 18.8. The lowest BCUT2D eigenvalue weighted by Gasteiger charge is -2.46. The zero-order valence-electron chi connectivity index (χ0n) is 27.9. The molecule has 13 nitrogen and oxygen atoms in total. The molecular formula is C31H38F4N4O9S3. The van der Waals surface area contributed by atoms with E-state index in [1.807, 2.05) is 35.2 Å². The normalized spacial score (nSPS) is 23.8. The Labute approximate surface area is 299 Å². The van der Waals surface area contributed by atoms with Gasteiger partial charge in [0.05, 0.1) is 22.9 Å². The minimum Gasteiger partial charge on any atom is -0.741 e. The number of aryl methyl sites for hydroxylation is 2. The van der Waals surface area contributed by atoms with Gasteiger partial charge in [-0.05, 0) is 13.3 Å². The van der Waals surface area contributed by atoms with Crippen molar-refractivity contribution in [3.8, 4) is 0 Å². The first-order chi connectivity index (χ1) is 23.9. The first kappa shape index (κ1) is 40.3. The number of amides is 2. The predicted molar refractivity (Wildman–Crippen MR) is 177 cm³/mol. The van der Waals surface area contributed by atoms with Gasteiger partial charge in [0, 0.05) is 42.0 Å². The van der Waals surface area contributed by atoms with E-state index in [1.54, 1.807) is 23.2 Å². The molecule has 282 valence electrons. The topological polar surface area (TPSA) is 162 Å². The lowest BCUT2D eigenvalue weighted by atomic mass is 9.79. The van der Waals surface area contributed by atoms with Crippen LogP contribution in [0.3, 0.4) is 0 Å². The Morgan fingerprint density at radius 1 is 1.25 bits per heavy atom. The number of esters is 1. The van der Waals surface area contributed by atoms with Crippen molar-refractivity contribution in [1.82, 2.24) is 14.2 Å². The second-order valence-corrected chi connectivity index (χ2v) is 15.9. The summed E-state index contributed by atoms with van der Waals surface area (Å²) >= 11 is 3.11. The number of imidazole rings is 1. The van der Waals surface area contributed by atoms with Gasteiger partial charge in [0.1, 0.15) is 44.5 Å². The molecule has 5 heterocycles. The SMILES string of the molecule is C=CCOC(=O)C1=C(S[C@H]2C[C@@H](Cc3cn4c(C)[n+](CCF)cc4s3)N(C(=O)OCC=C)C2)[C@H](C)[C@@H]2[C@@H]([C@@H](C)O)C(=O)N12.O=S(=O)([O-])C(F)(F)F. The number of aliphatic hydroxyl groups excluding tert-OH is 1. The van der Waals surface area contributed by atoms with Crippen molar-refractivity contribution in [3.63, 3.8) is 0 Å². The smallest absolute Gasteiger partial charge is 0.485 e. The van der Waals surface area contributed by atoms with Crippen LogP contribution in [0.1, 0.15) is 31.0 Å². The van der Waals surface area contributed by atoms with Gasteiger partial charge in [0.25, 0.3) is 5.82 Å². The maximum Gasteiger partial charge on any atom is 0.485 e. The average Bonchev–Trinajstić information content (AvgIpc) is 3.76. The summed E-state index contributed by atoms with van der Waals surface area (Å²) in [4.78, 5) is 45.4. The number of alkyl halides is 4. The van der Waals surface area contributed by atoms with E-state index in [0.717, 1.165) is 20.4 Å². The van der Waals surface area contributed by atoms with Crippen LogP contribution in [0.15, 0.2) is 48.3 Å². The Bertz CT molecular complexity index is 1810. The van der Waals surface area contributed by atoms with Crippen LogP contribution in [0.5, 0.6) is 0 Å². The van der Waals surface area contributed by atoms with Crippen LogP contribution < -0.4 is 4.57 Å². The Morgan fingerprint density at radius 3 is 2.43 bits per heavy atom. The molecular weight excluding hydrogens is 745 g/mol. The number of thiazole rings is 1. The molecule has 5 rings (SSSR count). The second-order valence-electron chi connectivity index (χ2n) is 12.1. The number of carbonyl (C=O) groups is 3. The van der Waals surface area contributed by atoms with Gasteiger partial charge in [-0.3, -0.25) is 4.79 Å². The highest BCUT2D eigenvalue weighted by Gasteiger charge is 2.60. The summed E-state index contributed by atoms with van der Waals surface area (Å²) in [6.45, 7) is 13.1. The average molecular weight is 783 g/mol. The number of halogens is 4. The molecule has 3 aliphatic heterocycles. The number of fused-ring (bicyclic) bond motifs is 2. The van der Waals surface area contributed by atoms with Gasteiger partial charge < -0.3 is 28.9 Å². The summed E-state index contributed by atoms with van der Waals surface area (Å²) in [6.07, 6.45) is 6.96. The van der Waals surface area contributed by atoms with E-state index in [-0.39, 0.29) is 48.1 Å². The number of β-lactam (4-membered cyclic amide) rings is 1. The van der Waals surface area contributed by atoms with Crippen LogP contribution in [-0.2, 0) is 42.1 Å². The molecule has 20 heteroatoms. The van der Waals surface area contributed by atoms with Crippen molar-refractivity contribution >= 4 is 56.0 Å². The maximum atomic E-state index is 13.2. The molecule has 0 radical (unpaired) electrons. The van der Waals surface area contributed by atoms with E-state index in [4.69, 9.17) is 22.4 Å². The van der Waals surface area contributed by atoms with E-state index < -0.39 is 46.4 Å².